The van der Waals surface area contributed by atoms with Gasteiger partial charge in [0.05, 0.1) is 11.4 Å². The summed E-state index contributed by atoms with van der Waals surface area (Å²) in [5, 5.41) is 0. The first-order valence-electron chi connectivity index (χ1n) is 11.6. The van der Waals surface area contributed by atoms with E-state index >= 15 is 0 Å². The maximum absolute atomic E-state index is 13.7. The zero-order chi connectivity index (χ0) is 24.2. The van der Waals surface area contributed by atoms with Gasteiger partial charge >= 0.3 is 5.97 Å². The Morgan fingerprint density at radius 2 is 1.44 bits per heavy atom. The minimum absolute atomic E-state index is 0.154. The van der Waals surface area contributed by atoms with Crippen LogP contribution in [0.3, 0.4) is 0 Å². The molecule has 178 valence electrons. The van der Waals surface area contributed by atoms with Crippen molar-refractivity contribution in [2.75, 3.05) is 13.1 Å². The van der Waals surface area contributed by atoms with Crippen molar-refractivity contribution >= 4 is 16.0 Å². The average molecular weight is 478 g/mol. The summed E-state index contributed by atoms with van der Waals surface area (Å²) in [6, 6.07) is 27.1. The van der Waals surface area contributed by atoms with Gasteiger partial charge in [-0.1, -0.05) is 78.4 Å². The molecule has 1 heterocycles. The van der Waals surface area contributed by atoms with Gasteiger partial charge in [-0.25, -0.2) is 8.42 Å². The molecule has 1 aliphatic rings. The predicted octanol–water partition coefficient (Wildman–Crippen LogP) is 4.79. The Kier molecular flexibility index (Phi) is 7.19. The summed E-state index contributed by atoms with van der Waals surface area (Å²) in [7, 11) is -3.76. The van der Waals surface area contributed by atoms with Gasteiger partial charge in [-0.05, 0) is 54.9 Å². The largest absolute Gasteiger partial charge is 0.461 e. The summed E-state index contributed by atoms with van der Waals surface area (Å²) in [4.78, 5) is 12.2. The van der Waals surface area contributed by atoms with Crippen molar-refractivity contribution in [2.45, 2.75) is 44.1 Å². The lowest BCUT2D eigenvalue weighted by atomic mass is 9.71. The molecule has 0 bridgehead atoms. The molecule has 3 aromatic rings. The van der Waals surface area contributed by atoms with Crippen molar-refractivity contribution in [3.63, 3.8) is 0 Å². The van der Waals surface area contributed by atoms with E-state index in [9.17, 15) is 13.2 Å². The number of carbonyl (C=O) groups excluding carboxylic acids is 1. The third-order valence-corrected chi connectivity index (χ3v) is 8.24. The molecule has 0 aliphatic carbocycles. The van der Waals surface area contributed by atoms with Crippen LogP contribution in [0.15, 0.2) is 89.8 Å². The molecule has 1 fully saturated rings. The van der Waals surface area contributed by atoms with Crippen LogP contribution in [-0.4, -0.2) is 37.9 Å². The fourth-order valence-corrected chi connectivity index (χ4v) is 6.59. The first kappa shape index (κ1) is 24.2. The van der Waals surface area contributed by atoms with Crippen LogP contribution in [0.25, 0.3) is 0 Å². The fourth-order valence-electron chi connectivity index (χ4n) is 5.01. The molecule has 0 saturated carbocycles. The van der Waals surface area contributed by atoms with E-state index in [0.29, 0.717) is 25.8 Å². The first-order chi connectivity index (χ1) is 16.3. The van der Waals surface area contributed by atoms with E-state index in [0.717, 1.165) is 16.7 Å². The minimum atomic E-state index is -3.76. The molecule has 0 spiro atoms. The molecule has 1 atom stereocenters. The Morgan fingerprint density at radius 3 is 1.94 bits per heavy atom. The third-order valence-electron chi connectivity index (χ3n) is 6.42. The van der Waals surface area contributed by atoms with Crippen LogP contribution in [-0.2, 0) is 32.4 Å². The van der Waals surface area contributed by atoms with Gasteiger partial charge in [0.25, 0.3) is 0 Å². The summed E-state index contributed by atoms with van der Waals surface area (Å²) in [5.41, 5.74) is 2.83. The highest BCUT2D eigenvalue weighted by molar-refractivity contribution is 7.89. The molecule has 1 saturated heterocycles. The van der Waals surface area contributed by atoms with Gasteiger partial charge in [0.2, 0.25) is 10.0 Å². The normalized spacial score (nSPS) is 18.4. The molecule has 0 N–H and O–H groups in total. The van der Waals surface area contributed by atoms with Crippen LogP contribution in [0.4, 0.5) is 0 Å². The van der Waals surface area contributed by atoms with Gasteiger partial charge in [0.1, 0.15) is 6.10 Å². The molecule has 34 heavy (non-hydrogen) atoms. The lowest BCUT2D eigenvalue weighted by Gasteiger charge is -2.45. The van der Waals surface area contributed by atoms with Crippen molar-refractivity contribution in [2.24, 2.45) is 5.41 Å². The van der Waals surface area contributed by atoms with Gasteiger partial charge in [-0.15, -0.1) is 0 Å². The Morgan fingerprint density at radius 1 is 0.912 bits per heavy atom. The molecule has 5 nitrogen and oxygen atoms in total. The van der Waals surface area contributed by atoms with Crippen molar-refractivity contribution in [3.8, 4) is 0 Å². The van der Waals surface area contributed by atoms with E-state index < -0.39 is 27.5 Å². The zero-order valence-corrected chi connectivity index (χ0v) is 20.5. The molecule has 6 heteroatoms. The topological polar surface area (TPSA) is 63.7 Å². The van der Waals surface area contributed by atoms with E-state index in [4.69, 9.17) is 4.74 Å². The highest BCUT2D eigenvalue weighted by Crippen LogP contribution is 2.40. The summed E-state index contributed by atoms with van der Waals surface area (Å²) in [6.45, 7) is 3.81. The van der Waals surface area contributed by atoms with E-state index in [1.165, 1.54) is 11.2 Å². The number of benzene rings is 3. The quantitative estimate of drug-likeness (QED) is 0.459. The number of sulfonamides is 1. The number of rotatable bonds is 7. The molecule has 1 aliphatic heterocycles. The van der Waals surface area contributed by atoms with Crippen LogP contribution in [0.1, 0.15) is 30.0 Å². The number of aryl methyl sites for hydroxylation is 1. The van der Waals surface area contributed by atoms with Gasteiger partial charge in [0.15, 0.2) is 0 Å². The number of hydrogen-bond acceptors (Lipinski definition) is 4. The van der Waals surface area contributed by atoms with Crippen LogP contribution < -0.4 is 0 Å². The van der Waals surface area contributed by atoms with Gasteiger partial charge in [-0.3, -0.25) is 4.79 Å². The minimum Gasteiger partial charge on any atom is -0.461 e. The van der Waals surface area contributed by atoms with Crippen molar-refractivity contribution in [3.05, 3.63) is 102 Å². The highest BCUT2D eigenvalue weighted by atomic mass is 32.2. The standard InChI is InChI=1S/C28H31NO4S/c1-22-13-15-27(16-14-22)34(31,32)29-20-26(33-23(2)30)19-28(21-29,17-24-9-5-3-6-10-24)18-25-11-7-4-8-12-25/h3-16,26H,17-21H2,1-2H3/t26-/m1/s1. The lowest BCUT2D eigenvalue weighted by molar-refractivity contribution is -0.150. The third kappa shape index (κ3) is 5.75. The van der Waals surface area contributed by atoms with Crippen LogP contribution in [0.2, 0.25) is 0 Å². The van der Waals surface area contributed by atoms with Crippen LogP contribution in [0.5, 0.6) is 0 Å². The van der Waals surface area contributed by atoms with Gasteiger partial charge < -0.3 is 4.74 Å². The molecule has 0 radical (unpaired) electrons. The van der Waals surface area contributed by atoms with Crippen molar-refractivity contribution in [1.82, 2.24) is 4.31 Å². The van der Waals surface area contributed by atoms with Gasteiger partial charge in [-0.2, -0.15) is 4.31 Å². The molecule has 0 amide bonds. The number of carbonyl (C=O) groups is 1. The predicted molar refractivity (Wildman–Crippen MR) is 133 cm³/mol. The second-order valence-corrected chi connectivity index (χ2v) is 11.3. The first-order valence-corrected chi connectivity index (χ1v) is 13.0. The van der Waals surface area contributed by atoms with E-state index in [2.05, 4.69) is 24.3 Å². The van der Waals surface area contributed by atoms with E-state index in [1.807, 2.05) is 55.5 Å². The highest BCUT2D eigenvalue weighted by Gasteiger charge is 2.45. The fraction of sp³-hybridized carbons (Fsp3) is 0.321. The molecular formula is C28H31NO4S. The number of esters is 1. The smallest absolute Gasteiger partial charge is 0.302 e. The monoisotopic (exact) mass is 477 g/mol. The number of hydrogen-bond donors (Lipinski definition) is 0. The second-order valence-electron chi connectivity index (χ2n) is 9.37. The van der Waals surface area contributed by atoms with E-state index in [1.54, 1.807) is 12.1 Å². The number of ether oxygens (including phenoxy) is 1. The summed E-state index contributed by atoms with van der Waals surface area (Å²) < 4.78 is 34.6. The Bertz CT molecular complexity index is 1170. The zero-order valence-electron chi connectivity index (χ0n) is 19.7. The SMILES string of the molecule is CC(=O)O[C@H]1CN(S(=O)(=O)c2ccc(C)cc2)CC(Cc2ccccc2)(Cc2ccccc2)C1. The second kappa shape index (κ2) is 10.1. The maximum atomic E-state index is 13.7. The summed E-state index contributed by atoms with van der Waals surface area (Å²) >= 11 is 0. The maximum Gasteiger partial charge on any atom is 0.302 e. The summed E-state index contributed by atoms with van der Waals surface area (Å²) in [6.07, 6.45) is 1.44. The number of nitrogens with zero attached hydrogens (tertiary/aromatic N) is 1. The van der Waals surface area contributed by atoms with Crippen molar-refractivity contribution in [1.29, 1.82) is 0 Å². The molecular weight excluding hydrogens is 446 g/mol. The van der Waals surface area contributed by atoms with Crippen LogP contribution >= 0.6 is 0 Å². The summed E-state index contributed by atoms with van der Waals surface area (Å²) in [5.74, 6) is -0.395. The van der Waals surface area contributed by atoms with Crippen molar-refractivity contribution < 1.29 is 17.9 Å². The Labute approximate surface area is 202 Å². The molecule has 0 aromatic heterocycles. The van der Waals surface area contributed by atoms with Gasteiger partial charge in [0, 0.05) is 13.5 Å². The Hall–Kier alpha value is -2.96. The number of piperidine rings is 1. The van der Waals surface area contributed by atoms with Crippen LogP contribution in [0, 0.1) is 12.3 Å². The molecule has 3 aromatic carbocycles. The Balaban J connectivity index is 1.75. The van der Waals surface area contributed by atoms with E-state index in [-0.39, 0.29) is 11.4 Å². The average Bonchev–Trinajstić information content (AvgIpc) is 2.80. The molecule has 0 unspecified atom stereocenters. The lowest BCUT2D eigenvalue weighted by Crippen LogP contribution is -2.54. The molecule has 4 rings (SSSR count).